The highest BCUT2D eigenvalue weighted by atomic mass is 19.4. The lowest BCUT2D eigenvalue weighted by atomic mass is 10.0. The average molecular weight is 262 g/mol. The lowest BCUT2D eigenvalue weighted by Crippen LogP contribution is -2.53. The molecule has 0 saturated carbocycles. The van der Waals surface area contributed by atoms with Gasteiger partial charge in [-0.05, 0) is 24.3 Å². The van der Waals surface area contributed by atoms with E-state index in [9.17, 15) is 30.7 Å². The first kappa shape index (κ1) is 13.8. The SMILES string of the molecule is OC(F)(C(F)(F)F)C(F)(F)c1ccc(F)cc1. The van der Waals surface area contributed by atoms with Gasteiger partial charge >= 0.3 is 18.0 Å². The van der Waals surface area contributed by atoms with Crippen molar-refractivity contribution >= 4 is 0 Å². The Labute approximate surface area is 90.5 Å². The molecule has 0 aliphatic rings. The number of aliphatic hydroxyl groups is 1. The minimum absolute atomic E-state index is 0.256. The van der Waals surface area contributed by atoms with E-state index in [4.69, 9.17) is 5.11 Å². The van der Waals surface area contributed by atoms with Crippen molar-refractivity contribution in [3.8, 4) is 0 Å². The largest absolute Gasteiger partial charge is 0.455 e. The Balaban J connectivity index is 3.23. The predicted molar refractivity (Wildman–Crippen MR) is 42.4 cm³/mol. The maximum atomic E-state index is 13.1. The van der Waals surface area contributed by atoms with Gasteiger partial charge < -0.3 is 5.11 Å². The van der Waals surface area contributed by atoms with Crippen LogP contribution in [0.25, 0.3) is 0 Å². The van der Waals surface area contributed by atoms with Gasteiger partial charge in [0.2, 0.25) is 0 Å². The molecule has 1 unspecified atom stereocenters. The van der Waals surface area contributed by atoms with Crippen LogP contribution in [0.2, 0.25) is 0 Å². The third-order valence-electron chi connectivity index (χ3n) is 2.00. The molecule has 0 saturated heterocycles. The van der Waals surface area contributed by atoms with Crippen molar-refractivity contribution in [1.82, 2.24) is 0 Å². The summed E-state index contributed by atoms with van der Waals surface area (Å²) in [4.78, 5) is 0. The minimum atomic E-state index is -6.18. The Morgan fingerprint density at radius 3 is 1.59 bits per heavy atom. The zero-order chi connectivity index (χ0) is 13.5. The summed E-state index contributed by atoms with van der Waals surface area (Å²) >= 11 is 0. The van der Waals surface area contributed by atoms with E-state index in [1.54, 1.807) is 0 Å². The van der Waals surface area contributed by atoms with Crippen LogP contribution < -0.4 is 0 Å². The van der Waals surface area contributed by atoms with Gasteiger partial charge in [0, 0.05) is 5.56 Å². The van der Waals surface area contributed by atoms with Gasteiger partial charge in [0.15, 0.2) is 0 Å². The van der Waals surface area contributed by atoms with E-state index in [-0.39, 0.29) is 12.1 Å². The van der Waals surface area contributed by atoms with Gasteiger partial charge in [-0.3, -0.25) is 0 Å². The Kier molecular flexibility index (Phi) is 3.13. The van der Waals surface area contributed by atoms with E-state index >= 15 is 0 Å². The van der Waals surface area contributed by atoms with Crippen molar-refractivity contribution in [2.24, 2.45) is 0 Å². The number of rotatable bonds is 2. The zero-order valence-corrected chi connectivity index (χ0v) is 7.90. The Hall–Kier alpha value is -1.31. The first-order valence-corrected chi connectivity index (χ1v) is 4.12. The maximum absolute atomic E-state index is 13.1. The molecule has 1 nitrogen and oxygen atoms in total. The Morgan fingerprint density at radius 2 is 1.24 bits per heavy atom. The molecule has 1 atom stereocenters. The summed E-state index contributed by atoms with van der Waals surface area (Å²) in [6.45, 7) is 0. The van der Waals surface area contributed by atoms with Gasteiger partial charge in [0.1, 0.15) is 5.82 Å². The first-order chi connectivity index (χ1) is 7.50. The van der Waals surface area contributed by atoms with Crippen LogP contribution in [-0.4, -0.2) is 17.1 Å². The van der Waals surface area contributed by atoms with Crippen molar-refractivity contribution in [2.75, 3.05) is 0 Å². The number of hydrogen-bond acceptors (Lipinski definition) is 1. The highest BCUT2D eigenvalue weighted by Crippen LogP contribution is 2.48. The van der Waals surface area contributed by atoms with E-state index in [0.717, 1.165) is 0 Å². The van der Waals surface area contributed by atoms with Crippen molar-refractivity contribution in [1.29, 1.82) is 0 Å². The van der Waals surface area contributed by atoms with E-state index < -0.39 is 29.3 Å². The Morgan fingerprint density at radius 1 is 0.824 bits per heavy atom. The molecule has 1 aromatic rings. The van der Waals surface area contributed by atoms with E-state index in [2.05, 4.69) is 0 Å². The highest BCUT2D eigenvalue weighted by Gasteiger charge is 2.71. The van der Waals surface area contributed by atoms with Crippen molar-refractivity contribution < 1.29 is 35.8 Å². The number of hydrogen-bond donors (Lipinski definition) is 1. The molecule has 96 valence electrons. The zero-order valence-electron chi connectivity index (χ0n) is 7.90. The molecule has 0 aliphatic heterocycles. The van der Waals surface area contributed by atoms with Crippen molar-refractivity contribution in [2.45, 2.75) is 18.0 Å². The molecular formula is C9H5F7O. The molecule has 1 N–H and O–H groups in total. The second-order valence-corrected chi connectivity index (χ2v) is 3.20. The standard InChI is InChI=1S/C9H5F7O/c10-6-3-1-5(2-4-6)7(11,12)8(13,17)9(14,15)16/h1-4,17H. The molecule has 0 fully saturated rings. The second kappa shape index (κ2) is 3.86. The fraction of sp³-hybridized carbons (Fsp3) is 0.333. The van der Waals surface area contributed by atoms with Gasteiger partial charge in [-0.15, -0.1) is 0 Å². The van der Waals surface area contributed by atoms with E-state index in [1.807, 2.05) is 0 Å². The van der Waals surface area contributed by atoms with Gasteiger partial charge in [-0.25, -0.2) is 4.39 Å². The van der Waals surface area contributed by atoms with Gasteiger partial charge in [0.05, 0.1) is 0 Å². The average Bonchev–Trinajstić information content (AvgIpc) is 2.16. The van der Waals surface area contributed by atoms with E-state index in [1.165, 1.54) is 0 Å². The molecule has 0 bridgehead atoms. The summed E-state index contributed by atoms with van der Waals surface area (Å²) < 4.78 is 87.1. The monoisotopic (exact) mass is 262 g/mol. The molecule has 0 heterocycles. The summed E-state index contributed by atoms with van der Waals surface area (Å²) in [5.41, 5.74) is -1.48. The summed E-state index contributed by atoms with van der Waals surface area (Å²) in [6.07, 6.45) is -6.18. The molecule has 1 rings (SSSR count). The molecule has 0 amide bonds. The summed E-state index contributed by atoms with van der Waals surface area (Å²) in [6, 6.07) is 1.36. The van der Waals surface area contributed by atoms with Crippen molar-refractivity contribution in [3.63, 3.8) is 0 Å². The van der Waals surface area contributed by atoms with Crippen LogP contribution >= 0.6 is 0 Å². The smallest absolute Gasteiger partial charge is 0.350 e. The van der Waals surface area contributed by atoms with Crippen LogP contribution in [0, 0.1) is 5.82 Å². The van der Waals surface area contributed by atoms with Crippen LogP contribution in [0.15, 0.2) is 24.3 Å². The molecular weight excluding hydrogens is 257 g/mol. The van der Waals surface area contributed by atoms with E-state index in [0.29, 0.717) is 12.1 Å². The number of alkyl halides is 6. The topological polar surface area (TPSA) is 20.2 Å². The molecule has 1 aromatic carbocycles. The third kappa shape index (κ3) is 2.21. The second-order valence-electron chi connectivity index (χ2n) is 3.20. The molecule has 0 aromatic heterocycles. The van der Waals surface area contributed by atoms with Crippen LogP contribution in [0.3, 0.4) is 0 Å². The maximum Gasteiger partial charge on any atom is 0.455 e. The predicted octanol–water partition coefficient (Wildman–Crippen LogP) is 3.14. The Bertz CT molecular complexity index is 393. The highest BCUT2D eigenvalue weighted by molar-refractivity contribution is 5.24. The summed E-state index contributed by atoms with van der Waals surface area (Å²) in [7, 11) is 0. The van der Waals surface area contributed by atoms with Gasteiger partial charge in [0.25, 0.3) is 0 Å². The fourth-order valence-corrected chi connectivity index (χ4v) is 1.03. The first-order valence-electron chi connectivity index (χ1n) is 4.12. The molecule has 17 heavy (non-hydrogen) atoms. The lowest BCUT2D eigenvalue weighted by molar-refractivity contribution is -0.390. The fourth-order valence-electron chi connectivity index (χ4n) is 1.03. The molecule has 0 radical (unpaired) electrons. The van der Waals surface area contributed by atoms with Gasteiger partial charge in [-0.2, -0.15) is 26.3 Å². The summed E-state index contributed by atoms with van der Waals surface area (Å²) in [5, 5.41) is 8.27. The van der Waals surface area contributed by atoms with Crippen LogP contribution in [0.4, 0.5) is 30.7 Å². The van der Waals surface area contributed by atoms with Gasteiger partial charge in [-0.1, -0.05) is 0 Å². The molecule has 0 aliphatic carbocycles. The van der Waals surface area contributed by atoms with Crippen LogP contribution in [-0.2, 0) is 5.92 Å². The van der Waals surface area contributed by atoms with Crippen LogP contribution in [0.5, 0.6) is 0 Å². The minimum Gasteiger partial charge on any atom is -0.350 e. The molecule has 0 spiro atoms. The third-order valence-corrected chi connectivity index (χ3v) is 2.00. The van der Waals surface area contributed by atoms with Crippen LogP contribution in [0.1, 0.15) is 5.56 Å². The number of halogens is 7. The molecule has 8 heteroatoms. The number of benzene rings is 1. The van der Waals surface area contributed by atoms with Crippen molar-refractivity contribution in [3.05, 3.63) is 35.6 Å². The normalized spacial score (nSPS) is 16.7. The summed E-state index contributed by atoms with van der Waals surface area (Å²) in [5.74, 6) is -11.9. The lowest BCUT2D eigenvalue weighted by Gasteiger charge is -2.30. The quantitative estimate of drug-likeness (QED) is 0.812.